The zero-order valence-electron chi connectivity index (χ0n) is 16.6. The number of halogens is 2. The van der Waals surface area contributed by atoms with Gasteiger partial charge in [0, 0.05) is 26.3 Å². The molecule has 0 aliphatic rings. The van der Waals surface area contributed by atoms with E-state index >= 15 is 0 Å². The van der Waals surface area contributed by atoms with Crippen molar-refractivity contribution < 1.29 is 14.3 Å². The number of hydrogen-bond donors (Lipinski definition) is 2. The predicted octanol–water partition coefficient (Wildman–Crippen LogP) is 5.19. The van der Waals surface area contributed by atoms with E-state index in [4.69, 9.17) is 16.3 Å². The lowest BCUT2D eigenvalue weighted by Gasteiger charge is -2.11. The van der Waals surface area contributed by atoms with Gasteiger partial charge in [-0.2, -0.15) is 5.10 Å². The second kappa shape index (κ2) is 10.7. The van der Waals surface area contributed by atoms with Crippen molar-refractivity contribution in [1.29, 1.82) is 0 Å². The van der Waals surface area contributed by atoms with Crippen LogP contribution in [0.4, 0.5) is 5.69 Å². The Balaban J connectivity index is 1.62. The molecule has 0 saturated carbocycles. The third-order valence-corrected chi connectivity index (χ3v) is 5.09. The molecule has 2 N–H and O–H groups in total. The summed E-state index contributed by atoms with van der Waals surface area (Å²) in [5.74, 6) is -0.216. The Morgan fingerprint density at radius 1 is 1.10 bits per heavy atom. The van der Waals surface area contributed by atoms with E-state index < -0.39 is 0 Å². The largest absolute Gasteiger partial charge is 0.483 e. The summed E-state index contributed by atoms with van der Waals surface area (Å²) in [7, 11) is 0. The fraction of sp³-hybridized carbons (Fsp3) is 0.0870. The molecule has 0 fully saturated rings. The van der Waals surface area contributed by atoms with Crippen LogP contribution in [-0.4, -0.2) is 24.6 Å². The van der Waals surface area contributed by atoms with Crippen molar-refractivity contribution in [3.05, 3.63) is 92.9 Å². The highest BCUT2D eigenvalue weighted by Crippen LogP contribution is 2.22. The normalized spacial score (nSPS) is 10.7. The van der Waals surface area contributed by atoms with Crippen LogP contribution in [-0.2, 0) is 4.79 Å². The summed E-state index contributed by atoms with van der Waals surface area (Å²) < 4.78 is 6.45. The van der Waals surface area contributed by atoms with Gasteiger partial charge >= 0.3 is 0 Å². The summed E-state index contributed by atoms with van der Waals surface area (Å²) in [5.41, 5.74) is 5.07. The molecule has 0 atom stereocenters. The Morgan fingerprint density at radius 3 is 2.61 bits per heavy atom. The number of rotatable bonds is 7. The first kappa shape index (κ1) is 22.5. The van der Waals surface area contributed by atoms with Crippen molar-refractivity contribution >= 4 is 51.2 Å². The van der Waals surface area contributed by atoms with Gasteiger partial charge in [-0.05, 0) is 55.0 Å². The van der Waals surface area contributed by atoms with E-state index in [1.807, 2.05) is 19.1 Å². The molecule has 0 saturated heterocycles. The number of ether oxygens (including phenoxy) is 1. The predicted molar refractivity (Wildman–Crippen MR) is 126 cm³/mol. The molecule has 0 bridgehead atoms. The number of nitrogens with zero attached hydrogens (tertiary/aromatic N) is 1. The smallest absolute Gasteiger partial charge is 0.271 e. The van der Waals surface area contributed by atoms with E-state index in [1.165, 1.54) is 6.21 Å². The molecular formula is C23H19BrClN3O3. The first-order valence-electron chi connectivity index (χ1n) is 9.29. The number of anilines is 1. The van der Waals surface area contributed by atoms with Gasteiger partial charge in [-0.15, -0.1) is 0 Å². The van der Waals surface area contributed by atoms with Crippen molar-refractivity contribution in [2.45, 2.75) is 6.92 Å². The Kier molecular flexibility index (Phi) is 7.81. The Bertz CT molecular complexity index is 1120. The minimum atomic E-state index is -0.330. The van der Waals surface area contributed by atoms with E-state index in [9.17, 15) is 9.59 Å². The van der Waals surface area contributed by atoms with Gasteiger partial charge in [-0.1, -0.05) is 51.8 Å². The molecule has 158 valence electrons. The molecule has 3 aromatic carbocycles. The summed E-state index contributed by atoms with van der Waals surface area (Å²) in [4.78, 5) is 24.3. The molecule has 8 heteroatoms. The Morgan fingerprint density at radius 2 is 1.87 bits per heavy atom. The van der Waals surface area contributed by atoms with Crippen molar-refractivity contribution in [2.24, 2.45) is 5.10 Å². The van der Waals surface area contributed by atoms with E-state index in [1.54, 1.807) is 54.6 Å². The SMILES string of the molecule is Cc1ccc(NC(=O)COc2ccc(Br)cc2/C=N/NC(=O)c2ccccc2)cc1Cl. The number of hydrogen-bond acceptors (Lipinski definition) is 4. The molecule has 0 aromatic heterocycles. The zero-order chi connectivity index (χ0) is 22.2. The van der Waals surface area contributed by atoms with Crippen LogP contribution in [0.25, 0.3) is 0 Å². The minimum Gasteiger partial charge on any atom is -0.483 e. The maximum absolute atomic E-state index is 12.2. The van der Waals surface area contributed by atoms with Gasteiger partial charge in [0.1, 0.15) is 5.75 Å². The summed E-state index contributed by atoms with van der Waals surface area (Å²) in [5, 5.41) is 7.30. The van der Waals surface area contributed by atoms with Gasteiger partial charge in [-0.25, -0.2) is 5.43 Å². The first-order valence-corrected chi connectivity index (χ1v) is 10.5. The monoisotopic (exact) mass is 499 g/mol. The second-order valence-electron chi connectivity index (χ2n) is 6.55. The lowest BCUT2D eigenvalue weighted by Crippen LogP contribution is -2.20. The fourth-order valence-electron chi connectivity index (χ4n) is 2.58. The maximum Gasteiger partial charge on any atom is 0.271 e. The number of aryl methyl sites for hydroxylation is 1. The van der Waals surface area contributed by atoms with Crippen molar-refractivity contribution in [1.82, 2.24) is 5.43 Å². The van der Waals surface area contributed by atoms with Crippen LogP contribution in [0.3, 0.4) is 0 Å². The lowest BCUT2D eigenvalue weighted by molar-refractivity contribution is -0.118. The molecule has 2 amide bonds. The third-order valence-electron chi connectivity index (χ3n) is 4.19. The first-order chi connectivity index (χ1) is 14.9. The maximum atomic E-state index is 12.2. The topological polar surface area (TPSA) is 79.8 Å². The van der Waals surface area contributed by atoms with Gasteiger partial charge in [-0.3, -0.25) is 9.59 Å². The molecule has 0 aliphatic carbocycles. The molecule has 0 unspecified atom stereocenters. The third kappa shape index (κ3) is 6.67. The van der Waals surface area contributed by atoms with Gasteiger partial charge in [0.25, 0.3) is 11.8 Å². The van der Waals surface area contributed by atoms with Crippen LogP contribution >= 0.6 is 27.5 Å². The van der Waals surface area contributed by atoms with Crippen LogP contribution < -0.4 is 15.5 Å². The van der Waals surface area contributed by atoms with E-state index in [2.05, 4.69) is 31.8 Å². The number of benzene rings is 3. The average Bonchev–Trinajstić information content (AvgIpc) is 2.76. The van der Waals surface area contributed by atoms with Crippen LogP contribution in [0.2, 0.25) is 5.02 Å². The number of carbonyl (C=O) groups is 2. The molecule has 0 radical (unpaired) electrons. The molecule has 0 aliphatic heterocycles. The van der Waals surface area contributed by atoms with Gasteiger partial charge in [0.15, 0.2) is 6.61 Å². The molecular weight excluding hydrogens is 482 g/mol. The lowest BCUT2D eigenvalue weighted by atomic mass is 10.2. The van der Waals surface area contributed by atoms with E-state index in [-0.39, 0.29) is 18.4 Å². The molecule has 0 heterocycles. The fourth-order valence-corrected chi connectivity index (χ4v) is 3.14. The summed E-state index contributed by atoms with van der Waals surface area (Å²) in [6, 6.07) is 19.3. The Hall–Kier alpha value is -3.16. The van der Waals surface area contributed by atoms with Crippen LogP contribution in [0.15, 0.2) is 76.3 Å². The Labute approximate surface area is 193 Å². The van der Waals surface area contributed by atoms with Crippen molar-refractivity contribution in [2.75, 3.05) is 11.9 Å². The van der Waals surface area contributed by atoms with Crippen LogP contribution in [0.1, 0.15) is 21.5 Å². The standard InChI is InChI=1S/C23H19BrClN3O3/c1-15-7-9-19(12-20(15)25)27-22(29)14-31-21-10-8-18(24)11-17(21)13-26-28-23(30)16-5-3-2-4-6-16/h2-13H,14H2,1H3,(H,27,29)(H,28,30)/b26-13+. The highest BCUT2D eigenvalue weighted by Gasteiger charge is 2.09. The highest BCUT2D eigenvalue weighted by atomic mass is 79.9. The minimum absolute atomic E-state index is 0.204. The average molecular weight is 501 g/mol. The van der Waals surface area contributed by atoms with E-state index in [0.717, 1.165) is 10.0 Å². The number of carbonyl (C=O) groups excluding carboxylic acids is 2. The number of hydrazone groups is 1. The van der Waals surface area contributed by atoms with Crippen LogP contribution in [0, 0.1) is 6.92 Å². The van der Waals surface area contributed by atoms with Crippen molar-refractivity contribution in [3.63, 3.8) is 0 Å². The quantitative estimate of drug-likeness (QED) is 0.346. The molecule has 3 aromatic rings. The van der Waals surface area contributed by atoms with Gasteiger partial charge < -0.3 is 10.1 Å². The highest BCUT2D eigenvalue weighted by molar-refractivity contribution is 9.10. The number of nitrogens with one attached hydrogen (secondary N) is 2. The van der Waals surface area contributed by atoms with Crippen molar-refractivity contribution in [3.8, 4) is 5.75 Å². The van der Waals surface area contributed by atoms with Gasteiger partial charge in [0.05, 0.1) is 6.21 Å². The molecule has 3 rings (SSSR count). The summed E-state index contributed by atoms with van der Waals surface area (Å²) >= 11 is 9.48. The summed E-state index contributed by atoms with van der Waals surface area (Å²) in [6.07, 6.45) is 1.46. The molecule has 31 heavy (non-hydrogen) atoms. The molecule has 0 spiro atoms. The van der Waals surface area contributed by atoms with E-state index in [0.29, 0.717) is 27.6 Å². The second-order valence-corrected chi connectivity index (χ2v) is 7.87. The summed E-state index contributed by atoms with van der Waals surface area (Å²) in [6.45, 7) is 1.68. The van der Waals surface area contributed by atoms with Crippen LogP contribution in [0.5, 0.6) is 5.75 Å². The number of amides is 2. The molecule has 6 nitrogen and oxygen atoms in total. The zero-order valence-corrected chi connectivity index (χ0v) is 18.9. The van der Waals surface area contributed by atoms with Gasteiger partial charge in [0.2, 0.25) is 0 Å².